The highest BCUT2D eigenvalue weighted by atomic mass is 19.1. The van der Waals surface area contributed by atoms with Crippen LogP contribution in [0.1, 0.15) is 24.2 Å². The zero-order valence-electron chi connectivity index (χ0n) is 16.8. The van der Waals surface area contributed by atoms with E-state index in [4.69, 9.17) is 9.47 Å². The lowest BCUT2D eigenvalue weighted by atomic mass is 10.1. The van der Waals surface area contributed by atoms with Crippen LogP contribution < -0.4 is 14.4 Å². The lowest BCUT2D eigenvalue weighted by Gasteiger charge is -2.33. The zero-order valence-corrected chi connectivity index (χ0v) is 16.8. The van der Waals surface area contributed by atoms with Gasteiger partial charge in [0.15, 0.2) is 0 Å². The van der Waals surface area contributed by atoms with E-state index in [1.165, 1.54) is 6.07 Å². The average Bonchev–Trinajstić information content (AvgIpc) is 3.13. The number of hydrogen-bond acceptors (Lipinski definition) is 6. The summed E-state index contributed by atoms with van der Waals surface area (Å²) in [6.07, 6.45) is 3.44. The number of ether oxygens (including phenoxy) is 2. The normalized spacial score (nSPS) is 14.8. The van der Waals surface area contributed by atoms with Gasteiger partial charge in [-0.15, -0.1) is 10.2 Å². The average molecular weight is 397 g/mol. The molecule has 0 unspecified atom stereocenters. The van der Waals surface area contributed by atoms with E-state index < -0.39 is 0 Å². The standard InChI is InChI=1S/C21H24FN5O2/c1-14-18(22)5-4-6-19(14)29-17-9-11-26(12-10-17)21-25-24-15(2)27(21)16-7-8-20(28-3)23-13-16/h4-8,13,17H,9-12H2,1-3H3. The predicted octanol–water partition coefficient (Wildman–Crippen LogP) is 3.47. The minimum Gasteiger partial charge on any atom is -0.490 e. The number of methoxy groups -OCH3 is 1. The number of anilines is 1. The highest BCUT2D eigenvalue weighted by Gasteiger charge is 2.25. The molecule has 29 heavy (non-hydrogen) atoms. The molecule has 1 aromatic carbocycles. The molecule has 0 amide bonds. The molecule has 7 nitrogen and oxygen atoms in total. The number of aromatic nitrogens is 4. The molecule has 4 rings (SSSR count). The van der Waals surface area contributed by atoms with E-state index in [0.717, 1.165) is 43.4 Å². The highest BCUT2D eigenvalue weighted by Crippen LogP contribution is 2.27. The number of piperidine rings is 1. The van der Waals surface area contributed by atoms with E-state index in [2.05, 4.69) is 20.1 Å². The van der Waals surface area contributed by atoms with Crippen molar-refractivity contribution >= 4 is 5.95 Å². The van der Waals surface area contributed by atoms with Gasteiger partial charge in [0.05, 0.1) is 19.0 Å². The van der Waals surface area contributed by atoms with Crippen molar-refractivity contribution in [3.63, 3.8) is 0 Å². The summed E-state index contributed by atoms with van der Waals surface area (Å²) in [5.74, 6) is 2.52. The SMILES string of the molecule is COc1ccc(-n2c(C)nnc2N2CCC(Oc3cccc(F)c3C)CC2)cn1. The van der Waals surface area contributed by atoms with Crippen LogP contribution in [0.25, 0.3) is 5.69 Å². The molecule has 0 radical (unpaired) electrons. The molecule has 2 aromatic heterocycles. The van der Waals surface area contributed by atoms with E-state index in [9.17, 15) is 4.39 Å². The summed E-state index contributed by atoms with van der Waals surface area (Å²) in [5, 5.41) is 8.64. The van der Waals surface area contributed by atoms with E-state index in [-0.39, 0.29) is 11.9 Å². The molecule has 1 aliphatic heterocycles. The van der Waals surface area contributed by atoms with E-state index in [1.807, 2.05) is 29.7 Å². The van der Waals surface area contributed by atoms with E-state index in [0.29, 0.717) is 17.2 Å². The minimum absolute atomic E-state index is 0.0480. The summed E-state index contributed by atoms with van der Waals surface area (Å²) in [4.78, 5) is 6.48. The van der Waals surface area contributed by atoms with Gasteiger partial charge in [0.2, 0.25) is 11.8 Å². The summed E-state index contributed by atoms with van der Waals surface area (Å²) in [7, 11) is 1.59. The fourth-order valence-corrected chi connectivity index (χ4v) is 3.55. The molecule has 1 saturated heterocycles. The van der Waals surface area contributed by atoms with Crippen molar-refractivity contribution < 1.29 is 13.9 Å². The molecule has 0 spiro atoms. The van der Waals surface area contributed by atoms with Crippen LogP contribution in [-0.4, -0.2) is 46.1 Å². The summed E-state index contributed by atoms with van der Waals surface area (Å²) in [5.41, 5.74) is 1.44. The van der Waals surface area contributed by atoms with Gasteiger partial charge in [0, 0.05) is 37.6 Å². The van der Waals surface area contributed by atoms with Gasteiger partial charge in [-0.3, -0.25) is 4.57 Å². The number of aryl methyl sites for hydroxylation is 1. The summed E-state index contributed by atoms with van der Waals surface area (Å²) < 4.78 is 26.9. The molecule has 152 valence electrons. The molecule has 0 atom stereocenters. The Balaban J connectivity index is 1.47. The number of rotatable bonds is 5. The Morgan fingerprint density at radius 3 is 2.55 bits per heavy atom. The first-order chi connectivity index (χ1) is 14.1. The Labute approximate surface area is 169 Å². The molecule has 1 fully saturated rings. The smallest absolute Gasteiger partial charge is 0.231 e. The molecule has 3 heterocycles. The lowest BCUT2D eigenvalue weighted by Crippen LogP contribution is -2.39. The fourth-order valence-electron chi connectivity index (χ4n) is 3.55. The third-order valence-corrected chi connectivity index (χ3v) is 5.23. The highest BCUT2D eigenvalue weighted by molar-refractivity contribution is 5.44. The largest absolute Gasteiger partial charge is 0.490 e. The second kappa shape index (κ2) is 8.06. The number of nitrogens with zero attached hydrogens (tertiary/aromatic N) is 5. The van der Waals surface area contributed by atoms with Crippen molar-refractivity contribution in [1.29, 1.82) is 0 Å². The van der Waals surface area contributed by atoms with Crippen molar-refractivity contribution in [2.75, 3.05) is 25.1 Å². The molecule has 0 N–H and O–H groups in total. The predicted molar refractivity (Wildman–Crippen MR) is 107 cm³/mol. The van der Waals surface area contributed by atoms with Gasteiger partial charge in [-0.05, 0) is 32.0 Å². The van der Waals surface area contributed by atoms with Gasteiger partial charge in [0.1, 0.15) is 23.5 Å². The summed E-state index contributed by atoms with van der Waals surface area (Å²) in [6.45, 7) is 5.22. The molecular formula is C21H24FN5O2. The lowest BCUT2D eigenvalue weighted by molar-refractivity contribution is 0.168. The van der Waals surface area contributed by atoms with Crippen molar-refractivity contribution in [3.8, 4) is 17.3 Å². The Bertz CT molecular complexity index is 981. The molecule has 0 bridgehead atoms. The Hall–Kier alpha value is -3.16. The van der Waals surface area contributed by atoms with Crippen LogP contribution in [0.2, 0.25) is 0 Å². The topological polar surface area (TPSA) is 65.3 Å². The Kier molecular flexibility index (Phi) is 5.33. The van der Waals surface area contributed by atoms with Crippen LogP contribution in [0.15, 0.2) is 36.5 Å². The van der Waals surface area contributed by atoms with Gasteiger partial charge in [-0.25, -0.2) is 9.37 Å². The molecular weight excluding hydrogens is 373 g/mol. The van der Waals surface area contributed by atoms with Gasteiger partial charge in [-0.2, -0.15) is 0 Å². The number of halogens is 1. The quantitative estimate of drug-likeness (QED) is 0.657. The number of pyridine rings is 1. The molecule has 0 aliphatic carbocycles. The van der Waals surface area contributed by atoms with Gasteiger partial charge in [-0.1, -0.05) is 6.07 Å². The number of benzene rings is 1. The van der Waals surface area contributed by atoms with Crippen LogP contribution in [0.3, 0.4) is 0 Å². The van der Waals surface area contributed by atoms with Crippen LogP contribution in [0.5, 0.6) is 11.6 Å². The zero-order chi connectivity index (χ0) is 20.4. The van der Waals surface area contributed by atoms with Crippen LogP contribution >= 0.6 is 0 Å². The maximum Gasteiger partial charge on any atom is 0.231 e. The molecule has 0 saturated carbocycles. The van der Waals surface area contributed by atoms with Gasteiger partial charge < -0.3 is 14.4 Å². The van der Waals surface area contributed by atoms with Crippen LogP contribution in [0.4, 0.5) is 10.3 Å². The third-order valence-electron chi connectivity index (χ3n) is 5.23. The summed E-state index contributed by atoms with van der Waals surface area (Å²) in [6, 6.07) is 8.71. The second-order valence-electron chi connectivity index (χ2n) is 7.11. The van der Waals surface area contributed by atoms with Crippen molar-refractivity contribution in [3.05, 3.63) is 53.7 Å². The Morgan fingerprint density at radius 2 is 1.86 bits per heavy atom. The first kappa shape index (κ1) is 19.2. The Morgan fingerprint density at radius 1 is 1.07 bits per heavy atom. The van der Waals surface area contributed by atoms with Gasteiger partial charge >= 0.3 is 0 Å². The van der Waals surface area contributed by atoms with E-state index in [1.54, 1.807) is 26.3 Å². The van der Waals surface area contributed by atoms with Crippen LogP contribution in [-0.2, 0) is 0 Å². The molecule has 8 heteroatoms. The number of hydrogen-bond donors (Lipinski definition) is 0. The maximum absolute atomic E-state index is 13.8. The van der Waals surface area contributed by atoms with Crippen molar-refractivity contribution in [1.82, 2.24) is 19.7 Å². The van der Waals surface area contributed by atoms with E-state index >= 15 is 0 Å². The maximum atomic E-state index is 13.8. The van der Waals surface area contributed by atoms with Crippen LogP contribution in [0, 0.1) is 19.7 Å². The molecule has 1 aliphatic rings. The first-order valence-corrected chi connectivity index (χ1v) is 9.66. The fraction of sp³-hybridized carbons (Fsp3) is 0.381. The monoisotopic (exact) mass is 397 g/mol. The minimum atomic E-state index is -0.239. The third kappa shape index (κ3) is 3.87. The first-order valence-electron chi connectivity index (χ1n) is 9.66. The molecule has 3 aromatic rings. The summed E-state index contributed by atoms with van der Waals surface area (Å²) >= 11 is 0. The van der Waals surface area contributed by atoms with Gasteiger partial charge in [0.25, 0.3) is 0 Å². The van der Waals surface area contributed by atoms with Crippen molar-refractivity contribution in [2.24, 2.45) is 0 Å². The van der Waals surface area contributed by atoms with Crippen molar-refractivity contribution in [2.45, 2.75) is 32.8 Å². The second-order valence-corrected chi connectivity index (χ2v) is 7.11.